The summed E-state index contributed by atoms with van der Waals surface area (Å²) in [4.78, 5) is 68.6. The molecule has 1 saturated carbocycles. The van der Waals surface area contributed by atoms with Crippen molar-refractivity contribution >= 4 is 39.6 Å². The number of sulfonamides is 1. The van der Waals surface area contributed by atoms with Gasteiger partial charge in [-0.05, 0) is 34.5 Å². The number of nitrogens with zero attached hydrogens (tertiary/aromatic N) is 2. The van der Waals surface area contributed by atoms with Gasteiger partial charge in [-0.15, -0.1) is 6.58 Å². The second-order valence-electron chi connectivity index (χ2n) is 16.0. The number of Topliss-reactive ketones (excluding diaryl/α,β-unsaturated/α-hetero) is 1. The Kier molecular flexibility index (Phi) is 13.4. The molecular weight excluding hydrogens is 681 g/mol. The number of urea groups is 1. The summed E-state index contributed by atoms with van der Waals surface area (Å²) in [6.45, 7) is 18.8. The van der Waals surface area contributed by atoms with Crippen molar-refractivity contribution in [2.75, 3.05) is 26.7 Å². The van der Waals surface area contributed by atoms with E-state index in [-0.39, 0.29) is 41.1 Å². The Bertz CT molecular complexity index is 1420. The van der Waals surface area contributed by atoms with E-state index in [1.807, 2.05) is 20.8 Å². The molecule has 4 N–H and O–H groups in total. The van der Waals surface area contributed by atoms with Gasteiger partial charge in [-0.1, -0.05) is 81.2 Å². The van der Waals surface area contributed by atoms with Crippen LogP contribution in [-0.4, -0.2) is 104 Å². The van der Waals surface area contributed by atoms with Crippen LogP contribution < -0.4 is 21.3 Å². The van der Waals surface area contributed by atoms with Crippen LogP contribution in [0.3, 0.4) is 0 Å². The molecule has 2 aliphatic rings. The first-order valence-corrected chi connectivity index (χ1v) is 18.2. The molecule has 286 valence electrons. The van der Waals surface area contributed by atoms with Crippen molar-refractivity contribution in [3.05, 3.63) is 12.7 Å². The number of nitrogens with one attached hydrogen (secondary N) is 4. The molecule has 1 unspecified atom stereocenters. The zero-order chi connectivity index (χ0) is 38.8. The standard InChI is InChI=1S/C33H55F3N6O7S/c1-12-14-15-20(24(43)27(45)37-16-13-2)38-26(44)23-22-19(32(22,9)10)17-42(23)28(46)25(31(6,7)8)40-29(47)39-21(30(3,4)5)18-41(11)50(48,49)33(34,35)36/h13,19-23,25H,2,12,14-18H2,1,3-11H3,(H,37,45)(H,38,44)(H2,39,40,47)/t19-,20?,21+,22-,23-,25+/m0/s1. The van der Waals surface area contributed by atoms with Gasteiger partial charge in [0.2, 0.25) is 17.6 Å². The number of amides is 5. The number of likely N-dealkylation sites (tertiary alicyclic amines) is 1. The van der Waals surface area contributed by atoms with Gasteiger partial charge in [0.1, 0.15) is 12.1 Å². The van der Waals surface area contributed by atoms with E-state index >= 15 is 0 Å². The Hall–Kier alpha value is -3.21. The van der Waals surface area contributed by atoms with Crippen molar-refractivity contribution < 1.29 is 45.6 Å². The average molecular weight is 737 g/mol. The molecule has 50 heavy (non-hydrogen) atoms. The molecule has 5 amide bonds. The number of rotatable bonds is 15. The molecule has 1 saturated heterocycles. The molecule has 0 aromatic rings. The first-order chi connectivity index (χ1) is 22.6. The minimum atomic E-state index is -5.68. The summed E-state index contributed by atoms with van der Waals surface area (Å²) in [6.07, 6.45) is 2.88. The summed E-state index contributed by atoms with van der Waals surface area (Å²) in [5, 5.41) is 10.3. The third kappa shape index (κ3) is 9.76. The van der Waals surface area contributed by atoms with Crippen molar-refractivity contribution in [1.29, 1.82) is 0 Å². The lowest BCUT2D eigenvalue weighted by Crippen LogP contribution is -2.63. The van der Waals surface area contributed by atoms with E-state index in [0.29, 0.717) is 12.8 Å². The van der Waals surface area contributed by atoms with Gasteiger partial charge in [0, 0.05) is 32.7 Å². The number of fused-ring (bicyclic) bond motifs is 1. The van der Waals surface area contributed by atoms with Crippen LogP contribution in [0.15, 0.2) is 12.7 Å². The molecule has 6 atom stereocenters. The minimum absolute atomic E-state index is 0.0475. The fourth-order valence-corrected chi connectivity index (χ4v) is 7.07. The van der Waals surface area contributed by atoms with Crippen LogP contribution in [0.2, 0.25) is 0 Å². The Morgan fingerprint density at radius 1 is 1.00 bits per heavy atom. The van der Waals surface area contributed by atoms with Gasteiger partial charge >= 0.3 is 21.6 Å². The number of halogens is 3. The van der Waals surface area contributed by atoms with Gasteiger partial charge in [-0.25, -0.2) is 13.2 Å². The maximum absolute atomic E-state index is 14.3. The Labute approximate surface area is 294 Å². The molecule has 2 rings (SSSR count). The lowest BCUT2D eigenvalue weighted by atomic mass is 9.85. The molecular formula is C33H55F3N6O7S. The highest BCUT2D eigenvalue weighted by Crippen LogP contribution is 2.65. The number of ketones is 1. The normalized spacial score (nSPS) is 22.1. The molecule has 1 aliphatic carbocycles. The van der Waals surface area contributed by atoms with Gasteiger partial charge in [0.25, 0.3) is 5.91 Å². The highest BCUT2D eigenvalue weighted by atomic mass is 32.2. The van der Waals surface area contributed by atoms with Gasteiger partial charge in [-0.2, -0.15) is 17.5 Å². The lowest BCUT2D eigenvalue weighted by molar-refractivity contribution is -0.145. The Morgan fingerprint density at radius 2 is 1.58 bits per heavy atom. The maximum Gasteiger partial charge on any atom is 0.511 e. The second-order valence-corrected chi connectivity index (χ2v) is 18.1. The number of likely N-dealkylation sites (N-methyl/N-ethyl adjacent to an activating group) is 1. The van der Waals surface area contributed by atoms with Crippen LogP contribution in [0.1, 0.15) is 81.6 Å². The predicted octanol–water partition coefficient (Wildman–Crippen LogP) is 2.93. The average Bonchev–Trinajstić information content (AvgIpc) is 3.29. The summed E-state index contributed by atoms with van der Waals surface area (Å²) < 4.78 is 63.7. The molecule has 13 nitrogen and oxygen atoms in total. The molecule has 1 aliphatic heterocycles. The third-order valence-electron chi connectivity index (χ3n) is 9.75. The van der Waals surface area contributed by atoms with Crippen LogP contribution in [0.25, 0.3) is 0 Å². The summed E-state index contributed by atoms with van der Waals surface area (Å²) in [6, 6.07) is -5.38. The molecule has 17 heteroatoms. The van der Waals surface area contributed by atoms with Crippen LogP contribution in [-0.2, 0) is 29.2 Å². The third-order valence-corrected chi connectivity index (χ3v) is 11.3. The van der Waals surface area contributed by atoms with E-state index in [1.165, 1.54) is 11.0 Å². The first kappa shape index (κ1) is 43.0. The summed E-state index contributed by atoms with van der Waals surface area (Å²) in [5.41, 5.74) is -7.67. The zero-order valence-corrected chi connectivity index (χ0v) is 31.6. The largest absolute Gasteiger partial charge is 0.511 e. The summed E-state index contributed by atoms with van der Waals surface area (Å²) >= 11 is 0. The lowest BCUT2D eigenvalue weighted by Gasteiger charge is -2.39. The van der Waals surface area contributed by atoms with Gasteiger partial charge < -0.3 is 26.2 Å². The minimum Gasteiger partial charge on any atom is -0.346 e. The number of unbranched alkanes of at least 4 members (excludes halogenated alkanes) is 1. The molecule has 0 aromatic carbocycles. The SMILES string of the molecule is C=CCNC(=O)C(=O)C(CCCC)NC(=O)[C@@H]1[C@@H]2[C@H](CN1C(=O)[C@@H](NC(=O)N[C@H](CN(C)S(=O)(=O)C(F)(F)F)C(C)(C)C)C(C)(C)C)C2(C)C. The van der Waals surface area contributed by atoms with Crippen molar-refractivity contribution in [2.45, 2.75) is 111 Å². The smallest absolute Gasteiger partial charge is 0.346 e. The van der Waals surface area contributed by atoms with E-state index < -0.39 is 86.6 Å². The van der Waals surface area contributed by atoms with Crippen molar-refractivity contribution in [1.82, 2.24) is 30.5 Å². The van der Waals surface area contributed by atoms with Crippen molar-refractivity contribution in [2.24, 2.45) is 28.1 Å². The summed E-state index contributed by atoms with van der Waals surface area (Å²) in [5.74, 6) is -3.16. The Balaban J connectivity index is 2.36. The molecule has 0 spiro atoms. The number of alkyl halides is 3. The highest BCUT2D eigenvalue weighted by molar-refractivity contribution is 7.89. The zero-order valence-electron chi connectivity index (χ0n) is 30.8. The number of carbonyl (C=O) groups excluding carboxylic acids is 5. The molecule has 1 heterocycles. The van der Waals surface area contributed by atoms with E-state index in [4.69, 9.17) is 0 Å². The van der Waals surface area contributed by atoms with Crippen LogP contribution in [0.4, 0.5) is 18.0 Å². The maximum atomic E-state index is 14.3. The van der Waals surface area contributed by atoms with E-state index in [0.717, 1.165) is 7.05 Å². The van der Waals surface area contributed by atoms with E-state index in [1.54, 1.807) is 41.5 Å². The van der Waals surface area contributed by atoms with Gasteiger partial charge in [-0.3, -0.25) is 19.2 Å². The quantitative estimate of drug-likeness (QED) is 0.148. The molecule has 0 bridgehead atoms. The number of hydrogen-bond donors (Lipinski definition) is 4. The second kappa shape index (κ2) is 15.6. The monoisotopic (exact) mass is 736 g/mol. The Morgan fingerprint density at radius 3 is 2.06 bits per heavy atom. The fraction of sp³-hybridized carbons (Fsp3) is 0.788. The summed E-state index contributed by atoms with van der Waals surface area (Å²) in [7, 11) is -4.91. The van der Waals surface area contributed by atoms with Crippen molar-refractivity contribution in [3.63, 3.8) is 0 Å². The first-order valence-electron chi connectivity index (χ1n) is 16.8. The fourth-order valence-electron chi connectivity index (χ4n) is 6.37. The highest BCUT2D eigenvalue weighted by Gasteiger charge is 2.70. The van der Waals surface area contributed by atoms with E-state index in [2.05, 4.69) is 27.8 Å². The van der Waals surface area contributed by atoms with E-state index in [9.17, 15) is 45.6 Å². The number of piperidine rings is 1. The predicted molar refractivity (Wildman–Crippen MR) is 182 cm³/mol. The van der Waals surface area contributed by atoms with Crippen LogP contribution in [0, 0.1) is 28.1 Å². The number of carbonyl (C=O) groups is 5. The van der Waals surface area contributed by atoms with Crippen molar-refractivity contribution in [3.8, 4) is 0 Å². The molecule has 0 radical (unpaired) electrons. The molecule has 0 aromatic heterocycles. The van der Waals surface area contributed by atoms with Crippen LogP contribution in [0.5, 0.6) is 0 Å². The van der Waals surface area contributed by atoms with Gasteiger partial charge in [0.05, 0.1) is 6.04 Å². The molecule has 2 fully saturated rings. The van der Waals surface area contributed by atoms with Gasteiger partial charge in [0.15, 0.2) is 0 Å². The van der Waals surface area contributed by atoms with Crippen LogP contribution >= 0.6 is 0 Å². The number of hydrogen-bond acceptors (Lipinski definition) is 7. The topological polar surface area (TPSA) is 174 Å².